The Bertz CT molecular complexity index is 2600. The molecule has 1 atom stereocenters. The molecular formula is C48H41N3. The van der Waals surface area contributed by atoms with Gasteiger partial charge in [-0.2, -0.15) is 0 Å². The standard InChI is InChI=1S/C48H41N3/c1-5-35(50(36-17-8-6-9-18-36)47-29-34-16-12-15-23-44(34)49-47)26-24-32(2)33-25-27-45-40(28-33)41-30-39-38-21-13-14-22-42(38)48(3,4)43(39)31-46(41)51(45)37-19-10-7-11-20-37/h5-32,49H,1-4H3/b26-24-,35-5+. The number of nitrogens with one attached hydrogen (secondary N) is 1. The molecule has 8 aromatic rings. The highest BCUT2D eigenvalue weighted by molar-refractivity contribution is 6.12. The van der Waals surface area contributed by atoms with E-state index in [1.54, 1.807) is 0 Å². The molecule has 9 rings (SSSR count). The highest BCUT2D eigenvalue weighted by Crippen LogP contribution is 2.51. The number of nitrogens with zero attached hydrogens (tertiary/aromatic N) is 2. The summed E-state index contributed by atoms with van der Waals surface area (Å²) in [7, 11) is 0. The number of benzene rings is 6. The first-order chi connectivity index (χ1) is 24.9. The van der Waals surface area contributed by atoms with Gasteiger partial charge in [-0.05, 0) is 107 Å². The van der Waals surface area contributed by atoms with Crippen LogP contribution in [0.5, 0.6) is 0 Å². The highest BCUT2D eigenvalue weighted by Gasteiger charge is 2.36. The van der Waals surface area contributed by atoms with Gasteiger partial charge in [0.1, 0.15) is 5.82 Å². The van der Waals surface area contributed by atoms with Gasteiger partial charge in [0.2, 0.25) is 0 Å². The number of anilines is 2. The van der Waals surface area contributed by atoms with Crippen molar-refractivity contribution in [2.45, 2.75) is 39.0 Å². The monoisotopic (exact) mass is 659 g/mol. The molecule has 2 heterocycles. The number of para-hydroxylation sites is 3. The summed E-state index contributed by atoms with van der Waals surface area (Å²) in [5, 5.41) is 3.77. The molecule has 0 aliphatic heterocycles. The van der Waals surface area contributed by atoms with Crippen LogP contribution < -0.4 is 4.90 Å². The zero-order chi connectivity index (χ0) is 34.7. The first kappa shape index (κ1) is 31.0. The zero-order valence-corrected chi connectivity index (χ0v) is 29.6. The van der Waals surface area contributed by atoms with Crippen molar-refractivity contribution in [2.75, 3.05) is 4.90 Å². The van der Waals surface area contributed by atoms with E-state index in [1.165, 1.54) is 60.7 Å². The molecule has 1 N–H and O–H groups in total. The SMILES string of the molecule is C/C=C(\C=C/C(C)c1ccc2c(c1)c1cc3c(cc1n2-c1ccccc1)C(C)(C)c1ccccc1-3)N(c1ccccc1)c1cc2ccccc2[nH]1. The van der Waals surface area contributed by atoms with Crippen molar-refractivity contribution in [3.63, 3.8) is 0 Å². The lowest BCUT2D eigenvalue weighted by atomic mass is 9.82. The summed E-state index contributed by atoms with van der Waals surface area (Å²) in [4.78, 5) is 5.96. The molecule has 1 aliphatic rings. The number of rotatable bonds is 7. The van der Waals surface area contributed by atoms with E-state index in [2.05, 4.69) is 206 Å². The van der Waals surface area contributed by atoms with Crippen molar-refractivity contribution in [2.24, 2.45) is 0 Å². The van der Waals surface area contributed by atoms with Gasteiger partial charge in [-0.25, -0.2) is 0 Å². The van der Waals surface area contributed by atoms with Crippen LogP contribution in [0.2, 0.25) is 0 Å². The summed E-state index contributed by atoms with van der Waals surface area (Å²) in [6.07, 6.45) is 6.80. The predicted octanol–water partition coefficient (Wildman–Crippen LogP) is 13.0. The van der Waals surface area contributed by atoms with Gasteiger partial charge < -0.3 is 9.55 Å². The summed E-state index contributed by atoms with van der Waals surface area (Å²) in [5.41, 5.74) is 13.7. The molecule has 0 radical (unpaired) electrons. The van der Waals surface area contributed by atoms with Crippen LogP contribution >= 0.6 is 0 Å². The van der Waals surface area contributed by atoms with E-state index in [-0.39, 0.29) is 11.3 Å². The van der Waals surface area contributed by atoms with Crippen molar-refractivity contribution in [3.8, 4) is 16.8 Å². The van der Waals surface area contributed by atoms with Crippen LogP contribution in [0.15, 0.2) is 170 Å². The fourth-order valence-corrected chi connectivity index (χ4v) is 8.21. The minimum atomic E-state index is -0.0620. The number of fused-ring (bicyclic) bond motifs is 7. The van der Waals surface area contributed by atoms with Gasteiger partial charge >= 0.3 is 0 Å². The lowest BCUT2D eigenvalue weighted by Gasteiger charge is -2.25. The maximum atomic E-state index is 3.66. The number of allylic oxidation sites excluding steroid dienone is 3. The van der Waals surface area contributed by atoms with Crippen LogP contribution in [0.3, 0.4) is 0 Å². The van der Waals surface area contributed by atoms with Gasteiger partial charge in [0.15, 0.2) is 0 Å². The zero-order valence-electron chi connectivity index (χ0n) is 29.6. The summed E-state index contributed by atoms with van der Waals surface area (Å²) in [6.45, 7) is 9.14. The smallest absolute Gasteiger partial charge is 0.116 e. The molecule has 0 fully saturated rings. The summed E-state index contributed by atoms with van der Waals surface area (Å²) < 4.78 is 2.45. The molecule has 1 aliphatic carbocycles. The van der Waals surface area contributed by atoms with E-state index in [0.29, 0.717) is 0 Å². The Morgan fingerprint density at radius 1 is 0.686 bits per heavy atom. The molecule has 6 aromatic carbocycles. The molecule has 0 saturated carbocycles. The van der Waals surface area contributed by atoms with Crippen molar-refractivity contribution in [3.05, 3.63) is 186 Å². The van der Waals surface area contributed by atoms with Gasteiger partial charge in [-0.1, -0.05) is 118 Å². The number of aromatic nitrogens is 2. The van der Waals surface area contributed by atoms with Crippen LogP contribution in [-0.4, -0.2) is 9.55 Å². The normalized spacial score (nSPS) is 14.4. The minimum absolute atomic E-state index is 0.0620. The van der Waals surface area contributed by atoms with Crippen LogP contribution in [0, 0.1) is 0 Å². The van der Waals surface area contributed by atoms with E-state index in [0.717, 1.165) is 22.7 Å². The third-order valence-corrected chi connectivity index (χ3v) is 10.9. The second-order valence-corrected chi connectivity index (χ2v) is 14.3. The topological polar surface area (TPSA) is 24.0 Å². The van der Waals surface area contributed by atoms with E-state index in [4.69, 9.17) is 0 Å². The van der Waals surface area contributed by atoms with E-state index < -0.39 is 0 Å². The molecule has 3 heteroatoms. The van der Waals surface area contributed by atoms with Crippen LogP contribution in [0.1, 0.15) is 50.3 Å². The van der Waals surface area contributed by atoms with Gasteiger partial charge in [-0.15, -0.1) is 0 Å². The molecule has 2 aromatic heterocycles. The van der Waals surface area contributed by atoms with Crippen LogP contribution in [0.25, 0.3) is 49.5 Å². The third-order valence-electron chi connectivity index (χ3n) is 10.9. The molecular weight excluding hydrogens is 619 g/mol. The molecule has 248 valence electrons. The average molecular weight is 660 g/mol. The van der Waals surface area contributed by atoms with Crippen molar-refractivity contribution in [1.29, 1.82) is 0 Å². The molecule has 51 heavy (non-hydrogen) atoms. The Morgan fingerprint density at radius 3 is 2.18 bits per heavy atom. The first-order valence-electron chi connectivity index (χ1n) is 18.0. The van der Waals surface area contributed by atoms with Crippen molar-refractivity contribution in [1.82, 2.24) is 9.55 Å². The lowest BCUT2D eigenvalue weighted by molar-refractivity contribution is 0.661. The highest BCUT2D eigenvalue weighted by atomic mass is 15.2. The molecule has 0 amide bonds. The summed E-state index contributed by atoms with van der Waals surface area (Å²) in [6, 6.07) is 53.0. The fraction of sp³-hybridized carbons (Fsp3) is 0.125. The second-order valence-electron chi connectivity index (χ2n) is 14.3. The number of hydrogen-bond acceptors (Lipinski definition) is 1. The Kier molecular flexibility index (Phi) is 7.32. The van der Waals surface area contributed by atoms with Crippen molar-refractivity contribution < 1.29 is 0 Å². The molecule has 0 saturated heterocycles. The van der Waals surface area contributed by atoms with Gasteiger partial charge in [-0.3, -0.25) is 4.90 Å². The number of H-pyrrole nitrogens is 1. The number of aromatic amines is 1. The molecule has 0 spiro atoms. The van der Waals surface area contributed by atoms with Crippen LogP contribution in [0.4, 0.5) is 11.5 Å². The van der Waals surface area contributed by atoms with E-state index in [1.807, 2.05) is 0 Å². The number of hydrogen-bond donors (Lipinski definition) is 1. The first-order valence-corrected chi connectivity index (χ1v) is 18.0. The van der Waals surface area contributed by atoms with Crippen LogP contribution in [-0.2, 0) is 5.41 Å². The second kappa shape index (κ2) is 12.1. The largest absolute Gasteiger partial charge is 0.341 e. The maximum Gasteiger partial charge on any atom is 0.116 e. The van der Waals surface area contributed by atoms with E-state index in [9.17, 15) is 0 Å². The molecule has 0 bridgehead atoms. The third kappa shape index (κ3) is 5.03. The quantitative estimate of drug-likeness (QED) is 0.169. The Morgan fingerprint density at radius 2 is 1.39 bits per heavy atom. The maximum absolute atomic E-state index is 3.66. The van der Waals surface area contributed by atoms with E-state index >= 15 is 0 Å². The lowest BCUT2D eigenvalue weighted by Crippen LogP contribution is -2.15. The summed E-state index contributed by atoms with van der Waals surface area (Å²) >= 11 is 0. The Labute approximate surface area is 299 Å². The fourth-order valence-electron chi connectivity index (χ4n) is 8.21. The van der Waals surface area contributed by atoms with Gasteiger partial charge in [0, 0.05) is 44.2 Å². The average Bonchev–Trinajstić information content (AvgIpc) is 3.81. The Balaban J connectivity index is 1.15. The minimum Gasteiger partial charge on any atom is -0.341 e. The van der Waals surface area contributed by atoms with Crippen molar-refractivity contribution >= 4 is 44.2 Å². The van der Waals surface area contributed by atoms with Gasteiger partial charge in [0.25, 0.3) is 0 Å². The molecule has 3 nitrogen and oxygen atoms in total. The Hall–Kier alpha value is -6.06. The summed E-state index contributed by atoms with van der Waals surface area (Å²) in [5.74, 6) is 1.23. The van der Waals surface area contributed by atoms with Gasteiger partial charge in [0.05, 0.1) is 11.0 Å². The predicted molar refractivity (Wildman–Crippen MR) is 217 cm³/mol. The molecule has 1 unspecified atom stereocenters.